The van der Waals surface area contributed by atoms with Gasteiger partial charge >= 0.3 is 0 Å². The van der Waals surface area contributed by atoms with Gasteiger partial charge in [0.05, 0.1) is 12.0 Å². The van der Waals surface area contributed by atoms with E-state index in [0.717, 1.165) is 23.5 Å². The number of aryl methyl sites for hydroxylation is 1. The maximum Gasteiger partial charge on any atom is 0.250 e. The molecule has 0 bridgehead atoms. The molecule has 120 valence electrons. The summed E-state index contributed by atoms with van der Waals surface area (Å²) in [6.45, 7) is 2.95. The van der Waals surface area contributed by atoms with Crippen molar-refractivity contribution >= 4 is 29.3 Å². The zero-order valence-corrected chi connectivity index (χ0v) is 13.6. The van der Waals surface area contributed by atoms with Crippen LogP contribution in [0.4, 0.5) is 5.69 Å². The minimum atomic E-state index is -1.15. The molecule has 0 saturated carbocycles. The number of thioether (sulfide) groups is 1. The number of nitrogens with zero attached hydrogens (tertiary/aromatic N) is 2. The molecule has 2 heterocycles. The van der Waals surface area contributed by atoms with Crippen molar-refractivity contribution in [2.75, 3.05) is 11.9 Å². The summed E-state index contributed by atoms with van der Waals surface area (Å²) in [5.41, 5.74) is 0.757. The second-order valence-electron chi connectivity index (χ2n) is 5.50. The van der Waals surface area contributed by atoms with Gasteiger partial charge in [-0.2, -0.15) is 0 Å². The predicted octanol–water partition coefficient (Wildman–Crippen LogP) is 1.89. The van der Waals surface area contributed by atoms with Crippen molar-refractivity contribution in [2.45, 2.75) is 29.5 Å². The second kappa shape index (κ2) is 6.45. The van der Waals surface area contributed by atoms with Gasteiger partial charge in [-0.25, -0.2) is 4.98 Å². The fourth-order valence-corrected chi connectivity index (χ4v) is 3.49. The van der Waals surface area contributed by atoms with Crippen LogP contribution < -0.4 is 10.6 Å². The lowest BCUT2D eigenvalue weighted by Crippen LogP contribution is -2.52. The smallest absolute Gasteiger partial charge is 0.250 e. The number of imidazole rings is 1. The highest BCUT2D eigenvalue weighted by Crippen LogP contribution is 2.42. The first-order valence-electron chi connectivity index (χ1n) is 7.43. The number of para-hydroxylation sites is 1. The topological polar surface area (TPSA) is 76.0 Å². The molecule has 6 nitrogen and oxygen atoms in total. The molecule has 0 fully saturated rings. The van der Waals surface area contributed by atoms with Crippen LogP contribution in [0.3, 0.4) is 0 Å². The molecule has 1 aromatic carbocycles. The molecule has 0 radical (unpaired) electrons. The zero-order valence-electron chi connectivity index (χ0n) is 12.8. The van der Waals surface area contributed by atoms with Crippen LogP contribution in [0.5, 0.6) is 0 Å². The third-order valence-electron chi connectivity index (χ3n) is 3.75. The largest absolute Gasteiger partial charge is 0.354 e. The van der Waals surface area contributed by atoms with Gasteiger partial charge in [-0.1, -0.05) is 23.9 Å². The molecule has 1 atom stereocenters. The number of rotatable bonds is 5. The number of amides is 2. The zero-order chi connectivity index (χ0) is 16.3. The van der Waals surface area contributed by atoms with Gasteiger partial charge in [0.15, 0.2) is 4.75 Å². The average molecular weight is 330 g/mol. The fourth-order valence-electron chi connectivity index (χ4n) is 2.37. The molecule has 3 rings (SSSR count). The van der Waals surface area contributed by atoms with Crippen LogP contribution in [-0.2, 0) is 16.1 Å². The Balaban J connectivity index is 1.59. The average Bonchev–Trinajstić information content (AvgIpc) is 3.06. The molecule has 2 amide bonds. The van der Waals surface area contributed by atoms with Crippen LogP contribution in [0, 0.1) is 0 Å². The Morgan fingerprint density at radius 2 is 2.26 bits per heavy atom. The van der Waals surface area contributed by atoms with Crippen molar-refractivity contribution in [1.29, 1.82) is 0 Å². The van der Waals surface area contributed by atoms with Gasteiger partial charge in [0.2, 0.25) is 11.8 Å². The highest BCUT2D eigenvalue weighted by molar-refractivity contribution is 8.02. The third kappa shape index (κ3) is 3.24. The maximum absolute atomic E-state index is 12.5. The third-order valence-corrected chi connectivity index (χ3v) is 5.11. The predicted molar refractivity (Wildman–Crippen MR) is 89.2 cm³/mol. The number of nitrogens with one attached hydrogen (secondary N) is 2. The van der Waals surface area contributed by atoms with Crippen LogP contribution in [0.2, 0.25) is 0 Å². The van der Waals surface area contributed by atoms with Gasteiger partial charge in [-0.15, -0.1) is 0 Å². The van der Waals surface area contributed by atoms with Crippen LogP contribution in [0.15, 0.2) is 47.9 Å². The Morgan fingerprint density at radius 3 is 3.04 bits per heavy atom. The van der Waals surface area contributed by atoms with Gasteiger partial charge in [-0.3, -0.25) is 9.59 Å². The summed E-state index contributed by atoms with van der Waals surface area (Å²) in [7, 11) is 0. The summed E-state index contributed by atoms with van der Waals surface area (Å²) in [6.07, 6.45) is 6.12. The van der Waals surface area contributed by atoms with E-state index in [-0.39, 0.29) is 11.8 Å². The van der Waals surface area contributed by atoms with E-state index in [1.54, 1.807) is 19.4 Å². The van der Waals surface area contributed by atoms with E-state index in [0.29, 0.717) is 6.54 Å². The Kier molecular flexibility index (Phi) is 4.38. The highest BCUT2D eigenvalue weighted by atomic mass is 32.2. The molecule has 0 aliphatic carbocycles. The number of fused-ring (bicyclic) bond motifs is 1. The molecule has 1 aliphatic heterocycles. The lowest BCUT2D eigenvalue weighted by Gasteiger charge is -2.31. The van der Waals surface area contributed by atoms with E-state index in [2.05, 4.69) is 15.6 Å². The van der Waals surface area contributed by atoms with E-state index in [1.165, 1.54) is 11.8 Å². The number of carbonyl (C=O) groups excluding carboxylic acids is 2. The number of carbonyl (C=O) groups is 2. The Bertz CT molecular complexity index is 717. The number of hydrogen-bond donors (Lipinski definition) is 2. The van der Waals surface area contributed by atoms with Crippen LogP contribution >= 0.6 is 11.8 Å². The molecule has 1 aliphatic rings. The number of anilines is 1. The summed E-state index contributed by atoms with van der Waals surface area (Å²) < 4.78 is 0.801. The summed E-state index contributed by atoms with van der Waals surface area (Å²) in [5.74, 6) is -0.548. The molecule has 2 aromatic rings. The van der Waals surface area contributed by atoms with E-state index in [9.17, 15) is 9.59 Å². The first-order valence-corrected chi connectivity index (χ1v) is 8.25. The lowest BCUT2D eigenvalue weighted by molar-refractivity contribution is -0.129. The molecule has 1 unspecified atom stereocenters. The molecule has 0 saturated heterocycles. The summed E-state index contributed by atoms with van der Waals surface area (Å²) in [4.78, 5) is 29.7. The van der Waals surface area contributed by atoms with Gasteiger partial charge in [0.25, 0.3) is 0 Å². The quantitative estimate of drug-likeness (QED) is 0.648. The summed E-state index contributed by atoms with van der Waals surface area (Å²) in [5, 5.41) is 5.67. The fraction of sp³-hybridized carbons (Fsp3) is 0.312. The Labute approximate surface area is 138 Å². The first kappa shape index (κ1) is 15.6. The lowest BCUT2D eigenvalue weighted by atomic mass is 10.1. The van der Waals surface area contributed by atoms with Crippen molar-refractivity contribution < 1.29 is 9.59 Å². The molecule has 1 aromatic heterocycles. The van der Waals surface area contributed by atoms with Gasteiger partial charge in [0.1, 0.15) is 0 Å². The Morgan fingerprint density at radius 1 is 1.43 bits per heavy atom. The summed E-state index contributed by atoms with van der Waals surface area (Å²) >= 11 is 1.29. The highest BCUT2D eigenvalue weighted by Gasteiger charge is 2.45. The molecule has 2 N–H and O–H groups in total. The maximum atomic E-state index is 12.5. The normalized spacial score (nSPS) is 19.8. The van der Waals surface area contributed by atoms with E-state index in [1.807, 2.05) is 35.0 Å². The Hall–Kier alpha value is -2.28. The molecule has 23 heavy (non-hydrogen) atoms. The van der Waals surface area contributed by atoms with Crippen molar-refractivity contribution in [1.82, 2.24) is 14.9 Å². The minimum absolute atomic E-state index is 0.264. The number of aromatic nitrogens is 2. The van der Waals surface area contributed by atoms with E-state index in [4.69, 9.17) is 0 Å². The monoisotopic (exact) mass is 330 g/mol. The van der Waals surface area contributed by atoms with Gasteiger partial charge < -0.3 is 15.2 Å². The van der Waals surface area contributed by atoms with Gasteiger partial charge in [-0.05, 0) is 25.5 Å². The van der Waals surface area contributed by atoms with Crippen LogP contribution in [-0.4, -0.2) is 32.7 Å². The summed E-state index contributed by atoms with van der Waals surface area (Å²) in [6, 6.07) is 7.50. The number of hydrogen-bond acceptors (Lipinski definition) is 4. The number of benzene rings is 1. The van der Waals surface area contributed by atoms with Crippen LogP contribution in [0.25, 0.3) is 0 Å². The van der Waals surface area contributed by atoms with Crippen molar-refractivity contribution in [3.8, 4) is 0 Å². The van der Waals surface area contributed by atoms with E-state index < -0.39 is 4.75 Å². The van der Waals surface area contributed by atoms with Crippen molar-refractivity contribution in [3.05, 3.63) is 43.0 Å². The molecular formula is C16H18N4O2S. The van der Waals surface area contributed by atoms with Crippen molar-refractivity contribution in [2.24, 2.45) is 0 Å². The first-order chi connectivity index (χ1) is 11.1. The molecular weight excluding hydrogens is 312 g/mol. The SMILES string of the molecule is CC1(C(=O)NCCCn2ccnc2)Sc2ccccc2NC1=O. The van der Waals surface area contributed by atoms with E-state index >= 15 is 0 Å². The van der Waals surface area contributed by atoms with Crippen molar-refractivity contribution in [3.63, 3.8) is 0 Å². The second-order valence-corrected chi connectivity index (χ2v) is 6.96. The molecule has 0 spiro atoms. The molecule has 7 heteroatoms. The van der Waals surface area contributed by atoms with Crippen LogP contribution in [0.1, 0.15) is 13.3 Å². The minimum Gasteiger partial charge on any atom is -0.354 e. The van der Waals surface area contributed by atoms with Gasteiger partial charge in [0, 0.05) is 30.4 Å². The standard InChI is InChI=1S/C16H18N4O2S/c1-16(14(21)18-7-4-9-20-10-8-17-11-20)15(22)19-12-5-2-3-6-13(12)23-16/h2-3,5-6,8,10-11H,4,7,9H2,1H3,(H,18,21)(H,19,22).